The van der Waals surface area contributed by atoms with Gasteiger partial charge in [0.25, 0.3) is 0 Å². The Bertz CT molecular complexity index is 308. The van der Waals surface area contributed by atoms with Crippen molar-refractivity contribution in [1.29, 1.82) is 0 Å². The molecule has 1 atom stereocenters. The first-order valence-corrected chi connectivity index (χ1v) is 6.46. The Hall–Kier alpha value is -1.04. The van der Waals surface area contributed by atoms with Gasteiger partial charge in [0.2, 0.25) is 0 Å². The van der Waals surface area contributed by atoms with Crippen LogP contribution in [0.15, 0.2) is 36.4 Å². The van der Waals surface area contributed by atoms with Gasteiger partial charge in [-0.3, -0.25) is 0 Å². The van der Waals surface area contributed by atoms with Gasteiger partial charge in [-0.15, -0.1) is 0 Å². The first-order valence-electron chi connectivity index (χ1n) is 6.46. The van der Waals surface area contributed by atoms with E-state index in [1.54, 1.807) is 0 Å². The Morgan fingerprint density at radius 2 is 1.94 bits per heavy atom. The molecule has 0 fully saturated rings. The second kappa shape index (κ2) is 7.27. The van der Waals surface area contributed by atoms with E-state index in [1.807, 2.05) is 0 Å². The van der Waals surface area contributed by atoms with Crippen LogP contribution in [0, 0.1) is 5.92 Å². The molecular weight excluding hydrogens is 192 g/mol. The van der Waals surface area contributed by atoms with Gasteiger partial charge in [0.05, 0.1) is 0 Å². The third-order valence-electron chi connectivity index (χ3n) is 3.11. The summed E-state index contributed by atoms with van der Waals surface area (Å²) in [6.07, 6.45) is 7.62. The molecule has 0 spiro atoms. The lowest BCUT2D eigenvalue weighted by molar-refractivity contribution is 0.512. The molecular formula is C16H24. The molecule has 0 aliphatic rings. The number of allylic oxidation sites excluding steroid dienone is 2. The highest BCUT2D eigenvalue weighted by Gasteiger charge is 2.00. The Balaban J connectivity index is 2.45. The van der Waals surface area contributed by atoms with Gasteiger partial charge in [-0.2, -0.15) is 0 Å². The van der Waals surface area contributed by atoms with E-state index in [0.717, 1.165) is 5.92 Å². The lowest BCUT2D eigenvalue weighted by Gasteiger charge is -2.08. The van der Waals surface area contributed by atoms with Gasteiger partial charge in [-0.25, -0.2) is 0 Å². The summed E-state index contributed by atoms with van der Waals surface area (Å²) in [5.41, 5.74) is 2.76. The van der Waals surface area contributed by atoms with Crippen LogP contribution in [0.1, 0.15) is 52.0 Å². The largest absolute Gasteiger partial charge is 0.0807 e. The zero-order valence-electron chi connectivity index (χ0n) is 10.9. The summed E-state index contributed by atoms with van der Waals surface area (Å²) >= 11 is 0. The quantitative estimate of drug-likeness (QED) is 0.604. The van der Waals surface area contributed by atoms with Gasteiger partial charge < -0.3 is 0 Å². The Kier molecular flexibility index (Phi) is 5.92. The fourth-order valence-electron chi connectivity index (χ4n) is 1.87. The van der Waals surface area contributed by atoms with Crippen molar-refractivity contribution in [3.63, 3.8) is 0 Å². The summed E-state index contributed by atoms with van der Waals surface area (Å²) in [5, 5.41) is 0. The summed E-state index contributed by atoms with van der Waals surface area (Å²) in [4.78, 5) is 0. The molecule has 1 aromatic carbocycles. The van der Waals surface area contributed by atoms with E-state index < -0.39 is 0 Å². The molecule has 1 aromatic rings. The first-order chi connectivity index (χ1) is 7.74. The van der Waals surface area contributed by atoms with Crippen LogP contribution < -0.4 is 0 Å². The first kappa shape index (κ1) is 13.0. The average Bonchev–Trinajstić information content (AvgIpc) is 2.34. The van der Waals surface area contributed by atoms with Crippen molar-refractivity contribution in [2.45, 2.75) is 46.5 Å². The molecule has 88 valence electrons. The summed E-state index contributed by atoms with van der Waals surface area (Å²) in [6, 6.07) is 10.6. The van der Waals surface area contributed by atoms with Crippen LogP contribution in [0.5, 0.6) is 0 Å². The monoisotopic (exact) mass is 216 g/mol. The smallest absolute Gasteiger partial charge is 0.0231 e. The number of hydrogen-bond acceptors (Lipinski definition) is 0. The molecule has 0 aliphatic carbocycles. The van der Waals surface area contributed by atoms with Gasteiger partial charge in [0, 0.05) is 0 Å². The number of hydrogen-bond donors (Lipinski definition) is 0. The molecule has 1 unspecified atom stereocenters. The number of benzene rings is 1. The van der Waals surface area contributed by atoms with Crippen molar-refractivity contribution in [2.75, 3.05) is 0 Å². The average molecular weight is 216 g/mol. The van der Waals surface area contributed by atoms with E-state index in [0.29, 0.717) is 0 Å². The maximum absolute atomic E-state index is 2.38. The fraction of sp³-hybridized carbons (Fsp3) is 0.500. The highest BCUT2D eigenvalue weighted by molar-refractivity contribution is 5.63. The summed E-state index contributed by atoms with van der Waals surface area (Å²) < 4.78 is 0. The lowest BCUT2D eigenvalue weighted by Crippen LogP contribution is -1.92. The second-order valence-electron chi connectivity index (χ2n) is 4.74. The fourth-order valence-corrected chi connectivity index (χ4v) is 1.87. The lowest BCUT2D eigenvalue weighted by atomic mass is 9.98. The highest BCUT2D eigenvalue weighted by atomic mass is 14.1. The SMILES string of the molecule is CCCCC(C)C/C=C(\C)c1ccccc1. The maximum Gasteiger partial charge on any atom is -0.0231 e. The van der Waals surface area contributed by atoms with Gasteiger partial charge in [0.1, 0.15) is 0 Å². The van der Waals surface area contributed by atoms with Crippen LogP contribution in [0.4, 0.5) is 0 Å². The van der Waals surface area contributed by atoms with Crippen LogP contribution in [-0.2, 0) is 0 Å². The van der Waals surface area contributed by atoms with Crippen LogP contribution in [0.25, 0.3) is 5.57 Å². The summed E-state index contributed by atoms with van der Waals surface area (Å²) in [7, 11) is 0. The van der Waals surface area contributed by atoms with Crippen molar-refractivity contribution in [3.05, 3.63) is 42.0 Å². The van der Waals surface area contributed by atoms with Gasteiger partial charge in [-0.1, -0.05) is 69.5 Å². The zero-order chi connectivity index (χ0) is 11.8. The van der Waals surface area contributed by atoms with E-state index in [4.69, 9.17) is 0 Å². The van der Waals surface area contributed by atoms with Crippen molar-refractivity contribution in [1.82, 2.24) is 0 Å². The van der Waals surface area contributed by atoms with Gasteiger partial charge in [0.15, 0.2) is 0 Å². The molecule has 0 saturated heterocycles. The van der Waals surface area contributed by atoms with Crippen molar-refractivity contribution >= 4 is 5.57 Å². The molecule has 0 radical (unpaired) electrons. The minimum absolute atomic E-state index is 0.818. The third-order valence-corrected chi connectivity index (χ3v) is 3.11. The molecule has 1 rings (SSSR count). The van der Waals surface area contributed by atoms with Crippen molar-refractivity contribution in [2.24, 2.45) is 5.92 Å². The Labute approximate surface area is 100 Å². The minimum Gasteiger partial charge on any atom is -0.0807 e. The molecule has 0 aliphatic heterocycles. The maximum atomic E-state index is 2.38. The number of unbranched alkanes of at least 4 members (excludes halogenated alkanes) is 1. The van der Waals surface area contributed by atoms with Crippen LogP contribution >= 0.6 is 0 Å². The van der Waals surface area contributed by atoms with Crippen molar-refractivity contribution < 1.29 is 0 Å². The van der Waals surface area contributed by atoms with E-state index in [-0.39, 0.29) is 0 Å². The van der Waals surface area contributed by atoms with Gasteiger partial charge in [-0.05, 0) is 30.4 Å². The highest BCUT2D eigenvalue weighted by Crippen LogP contribution is 2.18. The zero-order valence-corrected chi connectivity index (χ0v) is 10.9. The standard InChI is InChI=1S/C16H24/c1-4-5-9-14(2)12-13-15(3)16-10-7-6-8-11-16/h6-8,10-11,13-14H,4-5,9,12H2,1-3H3/b15-13+. The molecule has 0 bridgehead atoms. The topological polar surface area (TPSA) is 0 Å². The van der Waals surface area contributed by atoms with E-state index in [2.05, 4.69) is 57.2 Å². The number of rotatable bonds is 6. The summed E-state index contributed by atoms with van der Waals surface area (Å²) in [5.74, 6) is 0.818. The molecule has 0 heteroatoms. The molecule has 16 heavy (non-hydrogen) atoms. The van der Waals surface area contributed by atoms with E-state index in [1.165, 1.54) is 36.8 Å². The molecule has 0 saturated carbocycles. The molecule has 0 nitrogen and oxygen atoms in total. The third kappa shape index (κ3) is 4.65. The normalized spacial score (nSPS) is 13.8. The van der Waals surface area contributed by atoms with E-state index in [9.17, 15) is 0 Å². The summed E-state index contributed by atoms with van der Waals surface area (Å²) in [6.45, 7) is 6.82. The predicted molar refractivity (Wildman–Crippen MR) is 73.4 cm³/mol. The van der Waals surface area contributed by atoms with Crippen LogP contribution in [0.2, 0.25) is 0 Å². The minimum atomic E-state index is 0.818. The Morgan fingerprint density at radius 1 is 1.25 bits per heavy atom. The molecule has 0 amide bonds. The molecule has 0 heterocycles. The predicted octanol–water partition coefficient (Wildman–Crippen LogP) is 5.31. The van der Waals surface area contributed by atoms with Crippen LogP contribution in [-0.4, -0.2) is 0 Å². The van der Waals surface area contributed by atoms with Crippen LogP contribution in [0.3, 0.4) is 0 Å². The molecule has 0 aromatic heterocycles. The van der Waals surface area contributed by atoms with Crippen molar-refractivity contribution in [3.8, 4) is 0 Å². The Morgan fingerprint density at radius 3 is 2.56 bits per heavy atom. The molecule has 0 N–H and O–H groups in total. The second-order valence-corrected chi connectivity index (χ2v) is 4.74. The van der Waals surface area contributed by atoms with E-state index >= 15 is 0 Å². The van der Waals surface area contributed by atoms with Gasteiger partial charge >= 0.3 is 0 Å².